The van der Waals surface area contributed by atoms with E-state index in [-0.39, 0.29) is 11.4 Å². The lowest BCUT2D eigenvalue weighted by Crippen LogP contribution is -2.44. The molecule has 0 bridgehead atoms. The van der Waals surface area contributed by atoms with Crippen LogP contribution < -0.4 is 11.1 Å². The second kappa shape index (κ2) is 6.72. The van der Waals surface area contributed by atoms with Crippen molar-refractivity contribution >= 4 is 17.6 Å². The summed E-state index contributed by atoms with van der Waals surface area (Å²) in [5.41, 5.74) is 7.02. The van der Waals surface area contributed by atoms with Gasteiger partial charge in [0, 0.05) is 17.6 Å². The summed E-state index contributed by atoms with van der Waals surface area (Å²) in [5, 5.41) is 2.83. The summed E-state index contributed by atoms with van der Waals surface area (Å²) < 4.78 is 4.63. The molecule has 0 aliphatic heterocycles. The molecular formula is C16H22N2O3. The summed E-state index contributed by atoms with van der Waals surface area (Å²) in [6.45, 7) is 0. The van der Waals surface area contributed by atoms with E-state index in [9.17, 15) is 9.59 Å². The highest BCUT2D eigenvalue weighted by Gasteiger charge is 2.29. The number of nitrogens with two attached hydrogens (primary N) is 1. The highest BCUT2D eigenvalue weighted by molar-refractivity contribution is 5.93. The molecule has 114 valence electrons. The molecule has 0 heterocycles. The monoisotopic (exact) mass is 290 g/mol. The van der Waals surface area contributed by atoms with Crippen LogP contribution in [0.4, 0.5) is 5.69 Å². The summed E-state index contributed by atoms with van der Waals surface area (Å²) in [5.74, 6) is -0.471. The number of rotatable bonds is 4. The molecule has 21 heavy (non-hydrogen) atoms. The van der Waals surface area contributed by atoms with Crippen LogP contribution in [0.1, 0.15) is 48.9 Å². The number of hydrogen-bond acceptors (Lipinski definition) is 4. The van der Waals surface area contributed by atoms with Crippen molar-refractivity contribution in [3.8, 4) is 0 Å². The second-order valence-corrected chi connectivity index (χ2v) is 5.72. The van der Waals surface area contributed by atoms with Gasteiger partial charge in [-0.3, -0.25) is 4.79 Å². The van der Waals surface area contributed by atoms with Gasteiger partial charge in [-0.2, -0.15) is 0 Å². The standard InChI is InChI=1S/C16H22N2O3/c1-21-15(20)12-5-7-13(8-6-12)18-14(19)11-16(17)9-3-2-4-10-16/h5-8H,2-4,9-11,17H2,1H3,(H,18,19). The minimum absolute atomic E-state index is 0.0785. The molecule has 0 unspecified atom stereocenters. The third-order valence-electron chi connectivity index (χ3n) is 3.95. The molecule has 2 rings (SSSR count). The zero-order chi connectivity index (χ0) is 15.3. The van der Waals surface area contributed by atoms with Gasteiger partial charge in [-0.1, -0.05) is 19.3 Å². The van der Waals surface area contributed by atoms with Gasteiger partial charge in [0.25, 0.3) is 0 Å². The summed E-state index contributed by atoms with van der Waals surface area (Å²) in [7, 11) is 1.34. The Morgan fingerprint density at radius 1 is 1.19 bits per heavy atom. The van der Waals surface area contributed by atoms with Gasteiger partial charge in [-0.15, -0.1) is 0 Å². The normalized spacial score (nSPS) is 17.0. The van der Waals surface area contributed by atoms with Crippen LogP contribution in [0.25, 0.3) is 0 Å². The lowest BCUT2D eigenvalue weighted by Gasteiger charge is -2.32. The quantitative estimate of drug-likeness (QED) is 0.835. The molecule has 1 aliphatic carbocycles. The van der Waals surface area contributed by atoms with Crippen LogP contribution in [0, 0.1) is 0 Å². The van der Waals surface area contributed by atoms with E-state index in [1.54, 1.807) is 24.3 Å². The number of carbonyl (C=O) groups excluding carboxylic acids is 2. The molecule has 3 N–H and O–H groups in total. The Kier molecular flexibility index (Phi) is 4.96. The molecule has 1 aliphatic rings. The van der Waals surface area contributed by atoms with E-state index in [1.807, 2.05) is 0 Å². The van der Waals surface area contributed by atoms with Crippen LogP contribution in [-0.2, 0) is 9.53 Å². The number of nitrogens with one attached hydrogen (secondary N) is 1. The number of hydrogen-bond donors (Lipinski definition) is 2. The fourth-order valence-corrected chi connectivity index (χ4v) is 2.77. The van der Waals surface area contributed by atoms with Crippen LogP contribution in [0.15, 0.2) is 24.3 Å². The predicted molar refractivity (Wildman–Crippen MR) is 81.0 cm³/mol. The van der Waals surface area contributed by atoms with Crippen LogP contribution >= 0.6 is 0 Å². The molecule has 1 aromatic rings. The van der Waals surface area contributed by atoms with Crippen molar-refractivity contribution in [2.45, 2.75) is 44.1 Å². The van der Waals surface area contributed by atoms with Gasteiger partial charge in [0.1, 0.15) is 0 Å². The number of benzene rings is 1. The molecule has 0 spiro atoms. The maximum absolute atomic E-state index is 12.1. The Balaban J connectivity index is 1.91. The average Bonchev–Trinajstić information content (AvgIpc) is 2.47. The summed E-state index contributed by atoms with van der Waals surface area (Å²) in [6, 6.07) is 6.63. The molecule has 0 atom stereocenters. The van der Waals surface area contributed by atoms with Crippen molar-refractivity contribution in [1.29, 1.82) is 0 Å². The van der Waals surface area contributed by atoms with Crippen molar-refractivity contribution in [2.75, 3.05) is 12.4 Å². The smallest absolute Gasteiger partial charge is 0.337 e. The van der Waals surface area contributed by atoms with E-state index in [0.29, 0.717) is 17.7 Å². The number of ether oxygens (including phenoxy) is 1. The van der Waals surface area contributed by atoms with E-state index in [0.717, 1.165) is 25.7 Å². The van der Waals surface area contributed by atoms with Crippen molar-refractivity contribution < 1.29 is 14.3 Å². The third-order valence-corrected chi connectivity index (χ3v) is 3.95. The van der Waals surface area contributed by atoms with E-state index < -0.39 is 5.97 Å². The van der Waals surface area contributed by atoms with Crippen molar-refractivity contribution in [3.63, 3.8) is 0 Å². The Morgan fingerprint density at radius 2 is 1.81 bits per heavy atom. The van der Waals surface area contributed by atoms with Gasteiger partial charge < -0.3 is 15.8 Å². The van der Waals surface area contributed by atoms with Crippen molar-refractivity contribution in [2.24, 2.45) is 5.73 Å². The van der Waals surface area contributed by atoms with Crippen molar-refractivity contribution in [3.05, 3.63) is 29.8 Å². The molecule has 0 saturated heterocycles. The van der Waals surface area contributed by atoms with Crippen LogP contribution in [0.2, 0.25) is 0 Å². The van der Waals surface area contributed by atoms with Crippen LogP contribution in [0.3, 0.4) is 0 Å². The second-order valence-electron chi connectivity index (χ2n) is 5.72. The van der Waals surface area contributed by atoms with Crippen LogP contribution in [-0.4, -0.2) is 24.5 Å². The first-order valence-electron chi connectivity index (χ1n) is 7.29. The molecular weight excluding hydrogens is 268 g/mol. The number of esters is 1. The minimum atomic E-state index is -0.393. The maximum Gasteiger partial charge on any atom is 0.337 e. The number of carbonyl (C=O) groups is 2. The molecule has 0 radical (unpaired) electrons. The molecule has 1 saturated carbocycles. The summed E-state index contributed by atoms with van der Waals surface area (Å²) in [4.78, 5) is 23.4. The van der Waals surface area contributed by atoms with E-state index in [1.165, 1.54) is 13.5 Å². The molecule has 0 aromatic heterocycles. The topological polar surface area (TPSA) is 81.4 Å². The molecule has 5 heteroatoms. The first kappa shape index (κ1) is 15.5. The Bertz CT molecular complexity index is 505. The predicted octanol–water partition coefficient (Wildman–Crippen LogP) is 2.46. The van der Waals surface area contributed by atoms with Crippen molar-refractivity contribution in [1.82, 2.24) is 0 Å². The molecule has 1 aromatic carbocycles. The van der Waals surface area contributed by atoms with E-state index >= 15 is 0 Å². The lowest BCUT2D eigenvalue weighted by molar-refractivity contribution is -0.117. The fraction of sp³-hybridized carbons (Fsp3) is 0.500. The summed E-state index contributed by atoms with van der Waals surface area (Å²) >= 11 is 0. The van der Waals surface area contributed by atoms with Gasteiger partial charge in [0.2, 0.25) is 5.91 Å². The SMILES string of the molecule is COC(=O)c1ccc(NC(=O)CC2(N)CCCCC2)cc1. The lowest BCUT2D eigenvalue weighted by atomic mass is 9.80. The Hall–Kier alpha value is -1.88. The van der Waals surface area contributed by atoms with Gasteiger partial charge in [-0.05, 0) is 37.1 Å². The Morgan fingerprint density at radius 3 is 2.38 bits per heavy atom. The fourth-order valence-electron chi connectivity index (χ4n) is 2.77. The van der Waals surface area contributed by atoms with Gasteiger partial charge >= 0.3 is 5.97 Å². The Labute approximate surface area is 124 Å². The zero-order valence-corrected chi connectivity index (χ0v) is 12.4. The van der Waals surface area contributed by atoms with Crippen LogP contribution in [0.5, 0.6) is 0 Å². The van der Waals surface area contributed by atoms with E-state index in [2.05, 4.69) is 10.1 Å². The van der Waals surface area contributed by atoms with Gasteiger partial charge in [-0.25, -0.2) is 4.79 Å². The zero-order valence-electron chi connectivity index (χ0n) is 12.4. The highest BCUT2D eigenvalue weighted by atomic mass is 16.5. The number of methoxy groups -OCH3 is 1. The highest BCUT2D eigenvalue weighted by Crippen LogP contribution is 2.29. The first-order chi connectivity index (χ1) is 10.0. The molecule has 5 nitrogen and oxygen atoms in total. The number of amides is 1. The third kappa shape index (κ3) is 4.29. The summed E-state index contributed by atoms with van der Waals surface area (Å²) in [6.07, 6.45) is 5.54. The van der Waals surface area contributed by atoms with Gasteiger partial charge in [0.15, 0.2) is 0 Å². The average molecular weight is 290 g/mol. The van der Waals surface area contributed by atoms with E-state index in [4.69, 9.17) is 5.73 Å². The maximum atomic E-state index is 12.1. The molecule has 1 amide bonds. The molecule has 1 fully saturated rings. The largest absolute Gasteiger partial charge is 0.465 e. The first-order valence-corrected chi connectivity index (χ1v) is 7.29. The minimum Gasteiger partial charge on any atom is -0.465 e. The number of anilines is 1. The van der Waals surface area contributed by atoms with Gasteiger partial charge in [0.05, 0.1) is 12.7 Å².